The second kappa shape index (κ2) is 10.8. The van der Waals surface area contributed by atoms with E-state index in [1.807, 2.05) is 0 Å². The molecular formula is C24H43N3O2. The molecule has 2 fully saturated rings. The predicted octanol–water partition coefficient (Wildman–Crippen LogP) is 4.62. The Morgan fingerprint density at radius 3 is 2.41 bits per heavy atom. The highest BCUT2D eigenvalue weighted by atomic mass is 16.2. The molecule has 1 heterocycles. The quantitative estimate of drug-likeness (QED) is 0.520. The molecule has 3 rings (SSSR count). The molecule has 3 N–H and O–H groups in total. The van der Waals surface area contributed by atoms with E-state index in [0.29, 0.717) is 18.5 Å². The number of likely N-dealkylation sites (N-methyl/N-ethyl adjacent to an activating group) is 1. The summed E-state index contributed by atoms with van der Waals surface area (Å²) in [5.41, 5.74) is 5.52. The van der Waals surface area contributed by atoms with Crippen LogP contribution in [-0.4, -0.2) is 41.1 Å². The van der Waals surface area contributed by atoms with Gasteiger partial charge in [0.2, 0.25) is 0 Å². The minimum atomic E-state index is -0.597. The van der Waals surface area contributed by atoms with Gasteiger partial charge in [0.15, 0.2) is 5.96 Å². The fourth-order valence-electron chi connectivity index (χ4n) is 6.12. The summed E-state index contributed by atoms with van der Waals surface area (Å²) < 4.78 is 0. The summed E-state index contributed by atoms with van der Waals surface area (Å²) in [6.07, 6.45) is 19.2. The lowest BCUT2D eigenvalue weighted by molar-refractivity contribution is -0.131. The molecule has 5 nitrogen and oxygen atoms in total. The number of aliphatic hydroxyl groups is 1. The smallest absolute Gasteiger partial charge is 0.257 e. The number of hydrogen-bond acceptors (Lipinski definition) is 4. The molecule has 0 saturated heterocycles. The Kier molecular flexibility index (Phi) is 8.40. The number of amides is 1. The topological polar surface area (TPSA) is 78.9 Å². The van der Waals surface area contributed by atoms with Gasteiger partial charge < -0.3 is 10.8 Å². The summed E-state index contributed by atoms with van der Waals surface area (Å²) in [4.78, 5) is 19.6. The van der Waals surface area contributed by atoms with Gasteiger partial charge in [0, 0.05) is 13.7 Å². The van der Waals surface area contributed by atoms with Crippen LogP contribution in [0.4, 0.5) is 0 Å². The Morgan fingerprint density at radius 1 is 1.00 bits per heavy atom. The van der Waals surface area contributed by atoms with Crippen LogP contribution in [0.25, 0.3) is 0 Å². The number of nitrogens with zero attached hydrogens (tertiary/aromatic N) is 2. The number of nitrogens with two attached hydrogens (primary N) is 1. The summed E-state index contributed by atoms with van der Waals surface area (Å²) in [6, 6.07) is 0. The Morgan fingerprint density at radius 2 is 1.72 bits per heavy atom. The normalized spacial score (nSPS) is 31.3. The van der Waals surface area contributed by atoms with Crippen molar-refractivity contribution < 1.29 is 9.90 Å². The van der Waals surface area contributed by atoms with E-state index >= 15 is 0 Å². The molecule has 1 amide bonds. The van der Waals surface area contributed by atoms with Crippen molar-refractivity contribution in [2.24, 2.45) is 28.5 Å². The maximum absolute atomic E-state index is 13.2. The number of guanidine groups is 1. The fourth-order valence-corrected chi connectivity index (χ4v) is 6.12. The fraction of sp³-hybridized carbons (Fsp3) is 0.917. The van der Waals surface area contributed by atoms with Crippen molar-refractivity contribution in [2.75, 3.05) is 13.7 Å². The van der Waals surface area contributed by atoms with E-state index in [9.17, 15) is 4.79 Å². The summed E-state index contributed by atoms with van der Waals surface area (Å²) in [5.74, 6) is 2.68. The molecule has 166 valence electrons. The third-order valence-corrected chi connectivity index (χ3v) is 7.85. The first-order valence-corrected chi connectivity index (χ1v) is 12.3. The van der Waals surface area contributed by atoms with Gasteiger partial charge in [0.1, 0.15) is 5.54 Å². The van der Waals surface area contributed by atoms with E-state index in [2.05, 4.69) is 0 Å². The third kappa shape index (κ3) is 5.96. The molecule has 0 radical (unpaired) electrons. The van der Waals surface area contributed by atoms with Crippen molar-refractivity contribution in [2.45, 2.75) is 108 Å². The van der Waals surface area contributed by atoms with Crippen LogP contribution in [0, 0.1) is 17.8 Å². The number of aliphatic hydroxyl groups excluding tert-OH is 1. The van der Waals surface area contributed by atoms with E-state index in [4.69, 9.17) is 15.8 Å². The molecule has 5 heteroatoms. The maximum Gasteiger partial charge on any atom is 0.257 e. The Hall–Kier alpha value is -1.10. The van der Waals surface area contributed by atoms with Gasteiger partial charge in [-0.2, -0.15) is 0 Å². The third-order valence-electron chi connectivity index (χ3n) is 7.85. The number of rotatable bonds is 10. The highest BCUT2D eigenvalue weighted by Crippen LogP contribution is 2.42. The van der Waals surface area contributed by atoms with Crippen LogP contribution in [0.1, 0.15) is 103 Å². The minimum Gasteiger partial charge on any atom is -0.396 e. The van der Waals surface area contributed by atoms with E-state index in [-0.39, 0.29) is 5.91 Å². The highest BCUT2D eigenvalue weighted by molar-refractivity contribution is 6.06. The molecule has 2 saturated carbocycles. The Balaban J connectivity index is 1.60. The second-order valence-corrected chi connectivity index (χ2v) is 10.1. The van der Waals surface area contributed by atoms with Gasteiger partial charge in [-0.15, -0.1) is 0 Å². The second-order valence-electron chi connectivity index (χ2n) is 10.1. The van der Waals surface area contributed by atoms with Gasteiger partial charge in [-0.1, -0.05) is 70.6 Å². The first-order chi connectivity index (χ1) is 14.0. The lowest BCUT2D eigenvalue weighted by Crippen LogP contribution is -2.44. The molecule has 0 spiro atoms. The van der Waals surface area contributed by atoms with E-state index in [1.54, 1.807) is 11.9 Å². The van der Waals surface area contributed by atoms with E-state index in [0.717, 1.165) is 43.9 Å². The molecule has 3 aliphatic rings. The Bertz CT molecular complexity index is 558. The maximum atomic E-state index is 13.2. The average Bonchev–Trinajstić information content (AvgIpc) is 2.95. The SMILES string of the molecule is CN1C(=O)[C@@](CCC2CCCCC2)(C[C@@H]2CCC[C@H](CCCCCO)C2)N=C1N. The number of aliphatic imine (C=N–C) groups is 1. The van der Waals surface area contributed by atoms with Crippen molar-refractivity contribution in [1.29, 1.82) is 0 Å². The molecule has 0 aromatic carbocycles. The van der Waals surface area contributed by atoms with Crippen molar-refractivity contribution in [1.82, 2.24) is 4.90 Å². The zero-order valence-electron chi connectivity index (χ0n) is 18.6. The van der Waals surface area contributed by atoms with Crippen LogP contribution in [-0.2, 0) is 4.79 Å². The van der Waals surface area contributed by atoms with Crippen LogP contribution in [0.15, 0.2) is 4.99 Å². The first-order valence-electron chi connectivity index (χ1n) is 12.3. The van der Waals surface area contributed by atoms with Gasteiger partial charge in [-0.3, -0.25) is 9.69 Å². The lowest BCUT2D eigenvalue weighted by atomic mass is 9.72. The van der Waals surface area contributed by atoms with Crippen LogP contribution in [0.3, 0.4) is 0 Å². The number of carbonyl (C=O) groups excluding carboxylic acids is 1. The zero-order valence-corrected chi connectivity index (χ0v) is 18.6. The molecule has 0 bridgehead atoms. The molecule has 0 aromatic heterocycles. The first kappa shape index (κ1) is 22.6. The predicted molar refractivity (Wildman–Crippen MR) is 119 cm³/mol. The van der Waals surface area contributed by atoms with Crippen molar-refractivity contribution >= 4 is 11.9 Å². The minimum absolute atomic E-state index is 0.135. The van der Waals surface area contributed by atoms with Gasteiger partial charge >= 0.3 is 0 Å². The van der Waals surface area contributed by atoms with Crippen LogP contribution in [0.5, 0.6) is 0 Å². The van der Waals surface area contributed by atoms with Gasteiger partial charge in [-0.25, -0.2) is 4.99 Å². The molecule has 3 atom stereocenters. The average molecular weight is 406 g/mol. The highest BCUT2D eigenvalue weighted by Gasteiger charge is 2.47. The van der Waals surface area contributed by atoms with Crippen LogP contribution >= 0.6 is 0 Å². The Labute approximate surface area is 177 Å². The number of carbonyl (C=O) groups is 1. The molecular weight excluding hydrogens is 362 g/mol. The van der Waals surface area contributed by atoms with E-state index < -0.39 is 5.54 Å². The summed E-state index contributed by atoms with van der Waals surface area (Å²) in [7, 11) is 1.79. The van der Waals surface area contributed by atoms with Crippen molar-refractivity contribution in [3.8, 4) is 0 Å². The largest absolute Gasteiger partial charge is 0.396 e. The van der Waals surface area contributed by atoms with Crippen molar-refractivity contribution in [3.05, 3.63) is 0 Å². The van der Waals surface area contributed by atoms with Gasteiger partial charge in [0.05, 0.1) is 0 Å². The zero-order chi connectivity index (χ0) is 20.7. The summed E-state index contributed by atoms with van der Waals surface area (Å²) in [6.45, 7) is 0.311. The standard InChI is InChI=1S/C24H43N3O2/c1-27-22(29)24(26-23(27)25,15-14-19-9-4-2-5-10-19)18-21-13-8-12-20(17-21)11-6-3-7-16-28/h19-21,28H,2-18H2,1H3,(H2,25,26)/t20-,21+,24+/m0/s1. The summed E-state index contributed by atoms with van der Waals surface area (Å²) in [5, 5.41) is 8.99. The number of unbranched alkanes of at least 4 members (excludes halogenated alkanes) is 2. The molecule has 2 aliphatic carbocycles. The van der Waals surface area contributed by atoms with Gasteiger partial charge in [0.25, 0.3) is 5.91 Å². The van der Waals surface area contributed by atoms with Crippen LogP contribution < -0.4 is 5.73 Å². The number of hydrogen-bond donors (Lipinski definition) is 2. The van der Waals surface area contributed by atoms with Crippen molar-refractivity contribution in [3.63, 3.8) is 0 Å². The molecule has 29 heavy (non-hydrogen) atoms. The molecule has 0 unspecified atom stereocenters. The van der Waals surface area contributed by atoms with E-state index in [1.165, 1.54) is 70.6 Å². The molecule has 0 aromatic rings. The molecule has 1 aliphatic heterocycles. The summed E-state index contributed by atoms with van der Waals surface area (Å²) >= 11 is 0. The monoisotopic (exact) mass is 405 g/mol. The van der Waals surface area contributed by atoms with Crippen LogP contribution in [0.2, 0.25) is 0 Å². The lowest BCUT2D eigenvalue weighted by Gasteiger charge is -2.35. The van der Waals surface area contributed by atoms with Gasteiger partial charge in [-0.05, 0) is 49.9 Å².